The first-order chi connectivity index (χ1) is 11.6. The molecule has 0 radical (unpaired) electrons. The quantitative estimate of drug-likeness (QED) is 0.316. The molecule has 0 aromatic heterocycles. The summed E-state index contributed by atoms with van der Waals surface area (Å²) in [5.74, 6) is 1.72. The molecule has 1 rings (SSSR count). The number of nitrogens with one attached hydrogen (secondary N) is 2. The molecular formula is C18H33IN4O2. The monoisotopic (exact) mass is 464 g/mol. The van der Waals surface area contributed by atoms with Crippen LogP contribution in [0.2, 0.25) is 0 Å². The SMILES string of the molecule is CCOc1cc(C)ccc1CNC(=NC)NCCN(C)CCOC.I. The van der Waals surface area contributed by atoms with Gasteiger partial charge in [-0.3, -0.25) is 4.99 Å². The first kappa shape index (κ1) is 23.9. The predicted octanol–water partition coefficient (Wildman–Crippen LogP) is 2.25. The molecule has 0 heterocycles. The van der Waals surface area contributed by atoms with Gasteiger partial charge in [-0.1, -0.05) is 12.1 Å². The summed E-state index contributed by atoms with van der Waals surface area (Å²) in [7, 11) is 5.58. The van der Waals surface area contributed by atoms with E-state index in [0.29, 0.717) is 13.2 Å². The number of methoxy groups -OCH3 is 1. The highest BCUT2D eigenvalue weighted by atomic mass is 127. The molecule has 0 spiro atoms. The van der Waals surface area contributed by atoms with Crippen LogP contribution < -0.4 is 15.4 Å². The number of benzene rings is 1. The van der Waals surface area contributed by atoms with E-state index in [1.54, 1.807) is 14.2 Å². The molecule has 1 aromatic rings. The highest BCUT2D eigenvalue weighted by Crippen LogP contribution is 2.20. The predicted molar refractivity (Wildman–Crippen MR) is 115 cm³/mol. The van der Waals surface area contributed by atoms with Crippen molar-refractivity contribution in [2.45, 2.75) is 20.4 Å². The fraction of sp³-hybridized carbons (Fsp3) is 0.611. The zero-order valence-electron chi connectivity index (χ0n) is 16.1. The largest absolute Gasteiger partial charge is 0.494 e. The van der Waals surface area contributed by atoms with E-state index in [1.807, 2.05) is 6.92 Å². The van der Waals surface area contributed by atoms with E-state index >= 15 is 0 Å². The van der Waals surface area contributed by atoms with Crippen LogP contribution in [0.25, 0.3) is 0 Å². The molecule has 0 bridgehead atoms. The Labute approximate surface area is 169 Å². The van der Waals surface area contributed by atoms with Crippen molar-refractivity contribution >= 4 is 29.9 Å². The Kier molecular flexibility index (Phi) is 13.5. The van der Waals surface area contributed by atoms with Crippen molar-refractivity contribution in [1.29, 1.82) is 0 Å². The molecule has 0 aliphatic carbocycles. The van der Waals surface area contributed by atoms with Gasteiger partial charge in [0.15, 0.2) is 5.96 Å². The van der Waals surface area contributed by atoms with Crippen molar-refractivity contribution in [2.75, 3.05) is 54.1 Å². The van der Waals surface area contributed by atoms with Crippen LogP contribution in [0, 0.1) is 6.92 Å². The van der Waals surface area contributed by atoms with Crippen LogP contribution in [0.15, 0.2) is 23.2 Å². The summed E-state index contributed by atoms with van der Waals surface area (Å²) in [5, 5.41) is 6.66. The van der Waals surface area contributed by atoms with Crippen molar-refractivity contribution in [2.24, 2.45) is 4.99 Å². The molecule has 0 aliphatic heterocycles. The number of guanidine groups is 1. The Hall–Kier alpha value is -1.06. The molecule has 0 atom stereocenters. The van der Waals surface area contributed by atoms with E-state index in [-0.39, 0.29) is 24.0 Å². The van der Waals surface area contributed by atoms with Crippen molar-refractivity contribution in [3.05, 3.63) is 29.3 Å². The summed E-state index contributed by atoms with van der Waals surface area (Å²) in [6, 6.07) is 6.26. The van der Waals surface area contributed by atoms with Gasteiger partial charge in [0.1, 0.15) is 5.75 Å². The molecule has 0 aliphatic rings. The highest BCUT2D eigenvalue weighted by molar-refractivity contribution is 14.0. The van der Waals surface area contributed by atoms with Gasteiger partial charge in [-0.05, 0) is 32.5 Å². The Morgan fingerprint density at radius 3 is 2.64 bits per heavy atom. The lowest BCUT2D eigenvalue weighted by molar-refractivity contribution is 0.162. The molecule has 0 fully saturated rings. The molecule has 144 valence electrons. The summed E-state index contributed by atoms with van der Waals surface area (Å²) in [6.45, 7) is 8.83. The van der Waals surface area contributed by atoms with E-state index in [1.165, 1.54) is 5.56 Å². The van der Waals surface area contributed by atoms with Crippen LogP contribution in [0.1, 0.15) is 18.1 Å². The zero-order chi connectivity index (χ0) is 17.8. The third kappa shape index (κ3) is 9.86. The van der Waals surface area contributed by atoms with Gasteiger partial charge < -0.3 is 25.0 Å². The second kappa shape index (κ2) is 14.1. The Morgan fingerprint density at radius 2 is 2.00 bits per heavy atom. The molecule has 6 nitrogen and oxygen atoms in total. The maximum Gasteiger partial charge on any atom is 0.191 e. The van der Waals surface area contributed by atoms with Crippen LogP contribution in [0.5, 0.6) is 5.75 Å². The van der Waals surface area contributed by atoms with Crippen LogP contribution in [-0.4, -0.2) is 64.9 Å². The number of hydrogen-bond donors (Lipinski definition) is 2. The van der Waals surface area contributed by atoms with Gasteiger partial charge >= 0.3 is 0 Å². The number of hydrogen-bond acceptors (Lipinski definition) is 4. The lowest BCUT2D eigenvalue weighted by atomic mass is 10.1. The first-order valence-corrected chi connectivity index (χ1v) is 8.45. The van der Waals surface area contributed by atoms with Crippen LogP contribution in [0.3, 0.4) is 0 Å². The van der Waals surface area contributed by atoms with E-state index in [9.17, 15) is 0 Å². The van der Waals surface area contributed by atoms with Crippen molar-refractivity contribution in [3.8, 4) is 5.75 Å². The minimum atomic E-state index is 0. The van der Waals surface area contributed by atoms with Gasteiger partial charge in [0.25, 0.3) is 0 Å². The van der Waals surface area contributed by atoms with Crippen molar-refractivity contribution in [3.63, 3.8) is 0 Å². The fourth-order valence-electron chi connectivity index (χ4n) is 2.22. The lowest BCUT2D eigenvalue weighted by Gasteiger charge is -2.18. The minimum Gasteiger partial charge on any atom is -0.494 e. The molecule has 2 N–H and O–H groups in total. The second-order valence-corrected chi connectivity index (χ2v) is 5.69. The van der Waals surface area contributed by atoms with Gasteiger partial charge in [-0.2, -0.15) is 0 Å². The number of aliphatic imine (C=N–C) groups is 1. The smallest absolute Gasteiger partial charge is 0.191 e. The van der Waals surface area contributed by atoms with Crippen LogP contribution >= 0.6 is 24.0 Å². The molecule has 0 unspecified atom stereocenters. The summed E-state index contributed by atoms with van der Waals surface area (Å²) in [5.41, 5.74) is 2.33. The fourth-order valence-corrected chi connectivity index (χ4v) is 2.22. The zero-order valence-corrected chi connectivity index (χ0v) is 18.4. The Bertz CT molecular complexity index is 512. The summed E-state index contributed by atoms with van der Waals surface area (Å²) >= 11 is 0. The number of likely N-dealkylation sites (N-methyl/N-ethyl adjacent to an activating group) is 1. The van der Waals surface area contributed by atoms with Gasteiger partial charge in [0.2, 0.25) is 0 Å². The molecule has 0 amide bonds. The van der Waals surface area contributed by atoms with Crippen molar-refractivity contribution < 1.29 is 9.47 Å². The summed E-state index contributed by atoms with van der Waals surface area (Å²) in [4.78, 5) is 6.48. The molecule has 7 heteroatoms. The van der Waals surface area contributed by atoms with Gasteiger partial charge in [0, 0.05) is 45.9 Å². The average molecular weight is 464 g/mol. The first-order valence-electron chi connectivity index (χ1n) is 8.45. The third-order valence-corrected chi connectivity index (χ3v) is 3.66. The third-order valence-electron chi connectivity index (χ3n) is 3.66. The minimum absolute atomic E-state index is 0. The normalized spacial score (nSPS) is 11.2. The van der Waals surface area contributed by atoms with E-state index < -0.39 is 0 Å². The number of halogens is 1. The van der Waals surface area contributed by atoms with Crippen LogP contribution in [0.4, 0.5) is 0 Å². The molecule has 25 heavy (non-hydrogen) atoms. The van der Waals surface area contributed by atoms with Crippen molar-refractivity contribution in [1.82, 2.24) is 15.5 Å². The average Bonchev–Trinajstić information content (AvgIpc) is 2.57. The van der Waals surface area contributed by atoms with Crippen LogP contribution in [-0.2, 0) is 11.3 Å². The molecule has 0 saturated heterocycles. The number of rotatable bonds is 10. The molecule has 0 saturated carbocycles. The van der Waals surface area contributed by atoms with E-state index in [4.69, 9.17) is 9.47 Å². The summed E-state index contributed by atoms with van der Waals surface area (Å²) < 4.78 is 10.8. The molecule has 1 aromatic carbocycles. The van der Waals surface area contributed by atoms with Gasteiger partial charge in [0.05, 0.1) is 13.2 Å². The highest BCUT2D eigenvalue weighted by Gasteiger charge is 2.05. The Morgan fingerprint density at radius 1 is 1.24 bits per heavy atom. The van der Waals surface area contributed by atoms with E-state index in [2.05, 4.69) is 52.7 Å². The van der Waals surface area contributed by atoms with Gasteiger partial charge in [-0.15, -0.1) is 24.0 Å². The number of aryl methyl sites for hydroxylation is 1. The maximum absolute atomic E-state index is 5.72. The standard InChI is InChI=1S/C18H32N4O2.HI/c1-6-24-17-13-15(2)7-8-16(17)14-21-18(19-3)20-9-10-22(4)11-12-23-5;/h7-8,13H,6,9-12,14H2,1-5H3,(H2,19,20,21);1H. The number of ether oxygens (including phenoxy) is 2. The van der Waals surface area contributed by atoms with E-state index in [0.717, 1.165) is 43.5 Å². The molecular weight excluding hydrogens is 431 g/mol. The lowest BCUT2D eigenvalue weighted by Crippen LogP contribution is -2.41. The Balaban J connectivity index is 0.00000576. The topological polar surface area (TPSA) is 58.1 Å². The maximum atomic E-state index is 5.72. The van der Waals surface area contributed by atoms with Gasteiger partial charge in [-0.25, -0.2) is 0 Å². The summed E-state index contributed by atoms with van der Waals surface area (Å²) in [6.07, 6.45) is 0. The second-order valence-electron chi connectivity index (χ2n) is 5.69. The number of nitrogens with zero attached hydrogens (tertiary/aromatic N) is 2.